The van der Waals surface area contributed by atoms with Gasteiger partial charge in [0.2, 0.25) is 0 Å². The Labute approximate surface area is 114 Å². The highest BCUT2D eigenvalue weighted by atomic mass is 16.5. The molecule has 0 radical (unpaired) electrons. The monoisotopic (exact) mass is 262 g/mol. The van der Waals surface area contributed by atoms with Crippen LogP contribution in [0, 0.1) is 5.92 Å². The standard InChI is InChI=1S/C15H22N2O2/c1-2-19-15(18)13-7-9-17(10-8-13)11-12-3-5-14(16)6-4-12/h3-6,13H,2,7-11,16H2,1H3. The average molecular weight is 262 g/mol. The van der Waals surface area contributed by atoms with Gasteiger partial charge in [0.1, 0.15) is 0 Å². The summed E-state index contributed by atoms with van der Waals surface area (Å²) in [6.45, 7) is 5.16. The predicted octanol–water partition coefficient (Wildman–Crippen LogP) is 2.04. The van der Waals surface area contributed by atoms with Crippen LogP contribution in [0.25, 0.3) is 0 Å². The molecule has 0 unspecified atom stereocenters. The second kappa shape index (κ2) is 6.57. The molecule has 2 rings (SSSR count). The van der Waals surface area contributed by atoms with Crippen LogP contribution in [0.15, 0.2) is 24.3 Å². The van der Waals surface area contributed by atoms with Crippen molar-refractivity contribution in [3.8, 4) is 0 Å². The molecule has 0 bridgehead atoms. The molecule has 0 aromatic heterocycles. The number of esters is 1. The third kappa shape index (κ3) is 3.96. The summed E-state index contributed by atoms with van der Waals surface area (Å²) < 4.78 is 5.08. The van der Waals surface area contributed by atoms with Crippen molar-refractivity contribution in [2.45, 2.75) is 26.3 Å². The number of benzene rings is 1. The van der Waals surface area contributed by atoms with Gasteiger partial charge in [-0.2, -0.15) is 0 Å². The van der Waals surface area contributed by atoms with E-state index >= 15 is 0 Å². The van der Waals surface area contributed by atoms with Gasteiger partial charge < -0.3 is 10.5 Å². The second-order valence-corrected chi connectivity index (χ2v) is 5.04. The van der Waals surface area contributed by atoms with Crippen molar-refractivity contribution in [1.29, 1.82) is 0 Å². The van der Waals surface area contributed by atoms with Crippen LogP contribution in [-0.2, 0) is 16.1 Å². The molecule has 0 saturated carbocycles. The van der Waals surface area contributed by atoms with Crippen LogP contribution >= 0.6 is 0 Å². The predicted molar refractivity (Wildman–Crippen MR) is 75.5 cm³/mol. The van der Waals surface area contributed by atoms with Crippen molar-refractivity contribution in [1.82, 2.24) is 4.90 Å². The zero-order valence-corrected chi connectivity index (χ0v) is 11.5. The topological polar surface area (TPSA) is 55.6 Å². The van der Waals surface area contributed by atoms with Gasteiger partial charge in [0.05, 0.1) is 12.5 Å². The Hall–Kier alpha value is -1.55. The maximum absolute atomic E-state index is 11.6. The second-order valence-electron chi connectivity index (χ2n) is 5.04. The molecule has 1 aliphatic heterocycles. The van der Waals surface area contributed by atoms with Gasteiger partial charge in [-0.3, -0.25) is 9.69 Å². The summed E-state index contributed by atoms with van der Waals surface area (Å²) in [6.07, 6.45) is 1.79. The first-order valence-corrected chi connectivity index (χ1v) is 6.92. The van der Waals surface area contributed by atoms with E-state index in [0.717, 1.165) is 38.2 Å². The van der Waals surface area contributed by atoms with Gasteiger partial charge in [0, 0.05) is 12.2 Å². The number of anilines is 1. The first-order chi connectivity index (χ1) is 9.19. The largest absolute Gasteiger partial charge is 0.466 e. The summed E-state index contributed by atoms with van der Waals surface area (Å²) in [4.78, 5) is 14.0. The minimum atomic E-state index is -0.0327. The molecule has 0 atom stereocenters. The van der Waals surface area contributed by atoms with Gasteiger partial charge >= 0.3 is 5.97 Å². The smallest absolute Gasteiger partial charge is 0.309 e. The zero-order valence-electron chi connectivity index (χ0n) is 11.5. The number of ether oxygens (including phenoxy) is 1. The molecule has 19 heavy (non-hydrogen) atoms. The van der Waals surface area contributed by atoms with Crippen LogP contribution < -0.4 is 5.73 Å². The fourth-order valence-electron chi connectivity index (χ4n) is 2.47. The number of hydrogen-bond acceptors (Lipinski definition) is 4. The summed E-state index contributed by atoms with van der Waals surface area (Å²) in [6, 6.07) is 7.99. The molecule has 1 aromatic rings. The van der Waals surface area contributed by atoms with Crippen molar-refractivity contribution >= 4 is 11.7 Å². The number of hydrogen-bond donors (Lipinski definition) is 1. The minimum absolute atomic E-state index is 0.0327. The van der Waals surface area contributed by atoms with Crippen LogP contribution in [0.1, 0.15) is 25.3 Å². The van der Waals surface area contributed by atoms with E-state index in [1.54, 1.807) is 0 Å². The average Bonchev–Trinajstić information content (AvgIpc) is 2.42. The van der Waals surface area contributed by atoms with Crippen molar-refractivity contribution in [2.24, 2.45) is 5.92 Å². The maximum Gasteiger partial charge on any atom is 0.309 e. The highest BCUT2D eigenvalue weighted by molar-refractivity contribution is 5.72. The first kappa shape index (κ1) is 13.9. The molecule has 2 N–H and O–H groups in total. The van der Waals surface area contributed by atoms with E-state index in [2.05, 4.69) is 17.0 Å². The van der Waals surface area contributed by atoms with E-state index in [1.165, 1.54) is 5.56 Å². The highest BCUT2D eigenvalue weighted by Crippen LogP contribution is 2.20. The normalized spacial score (nSPS) is 17.3. The number of carbonyl (C=O) groups is 1. The Morgan fingerprint density at radius 3 is 2.53 bits per heavy atom. The van der Waals surface area contributed by atoms with Crippen LogP contribution in [-0.4, -0.2) is 30.6 Å². The number of piperidine rings is 1. The lowest BCUT2D eigenvalue weighted by molar-refractivity contribution is -0.149. The molecule has 1 aromatic carbocycles. The van der Waals surface area contributed by atoms with Crippen molar-refractivity contribution in [3.05, 3.63) is 29.8 Å². The lowest BCUT2D eigenvalue weighted by Gasteiger charge is -2.30. The fraction of sp³-hybridized carbons (Fsp3) is 0.533. The third-order valence-corrected chi connectivity index (χ3v) is 3.59. The molecule has 1 fully saturated rings. The molecule has 1 saturated heterocycles. The van der Waals surface area contributed by atoms with Gasteiger partial charge in [-0.1, -0.05) is 12.1 Å². The Bertz CT molecular complexity index is 409. The Morgan fingerprint density at radius 1 is 1.32 bits per heavy atom. The van der Waals surface area contributed by atoms with Crippen molar-refractivity contribution in [3.63, 3.8) is 0 Å². The number of likely N-dealkylation sites (tertiary alicyclic amines) is 1. The molecular weight excluding hydrogens is 240 g/mol. The van der Waals surface area contributed by atoms with Crippen LogP contribution in [0.2, 0.25) is 0 Å². The molecule has 0 aliphatic carbocycles. The molecule has 1 heterocycles. The van der Waals surface area contributed by atoms with Gasteiger partial charge in [0.15, 0.2) is 0 Å². The summed E-state index contributed by atoms with van der Waals surface area (Å²) >= 11 is 0. The summed E-state index contributed by atoms with van der Waals surface area (Å²) in [5.41, 5.74) is 7.74. The number of carbonyl (C=O) groups excluding carboxylic acids is 1. The zero-order chi connectivity index (χ0) is 13.7. The van der Waals surface area contributed by atoms with Crippen LogP contribution in [0.4, 0.5) is 5.69 Å². The molecule has 4 heteroatoms. The Kier molecular flexibility index (Phi) is 4.80. The van der Waals surface area contributed by atoms with E-state index in [4.69, 9.17) is 10.5 Å². The van der Waals surface area contributed by atoms with Gasteiger partial charge in [-0.25, -0.2) is 0 Å². The summed E-state index contributed by atoms with van der Waals surface area (Å²) in [5.74, 6) is 0.0530. The van der Waals surface area contributed by atoms with Crippen molar-refractivity contribution < 1.29 is 9.53 Å². The van der Waals surface area contributed by atoms with Crippen molar-refractivity contribution in [2.75, 3.05) is 25.4 Å². The lowest BCUT2D eigenvalue weighted by Crippen LogP contribution is -2.36. The molecule has 0 spiro atoms. The lowest BCUT2D eigenvalue weighted by atomic mass is 9.96. The number of nitrogen functional groups attached to an aromatic ring is 1. The Morgan fingerprint density at radius 2 is 1.95 bits per heavy atom. The van der Waals surface area contributed by atoms with Crippen LogP contribution in [0.3, 0.4) is 0 Å². The maximum atomic E-state index is 11.6. The summed E-state index contributed by atoms with van der Waals surface area (Å²) in [5, 5.41) is 0. The van der Waals surface area contributed by atoms with E-state index in [0.29, 0.717) is 6.61 Å². The van der Waals surface area contributed by atoms with E-state index in [-0.39, 0.29) is 11.9 Å². The molecule has 4 nitrogen and oxygen atoms in total. The number of rotatable bonds is 4. The SMILES string of the molecule is CCOC(=O)C1CCN(Cc2ccc(N)cc2)CC1. The summed E-state index contributed by atoms with van der Waals surface area (Å²) in [7, 11) is 0. The number of nitrogens with two attached hydrogens (primary N) is 1. The van der Waals surface area contributed by atoms with Gasteiger partial charge in [0.25, 0.3) is 0 Å². The Balaban J connectivity index is 1.80. The minimum Gasteiger partial charge on any atom is -0.466 e. The molecule has 104 valence electrons. The van der Waals surface area contributed by atoms with E-state index < -0.39 is 0 Å². The molecule has 1 aliphatic rings. The molecular formula is C15H22N2O2. The van der Waals surface area contributed by atoms with Crippen LogP contribution in [0.5, 0.6) is 0 Å². The highest BCUT2D eigenvalue weighted by Gasteiger charge is 2.25. The molecule has 0 amide bonds. The third-order valence-electron chi connectivity index (χ3n) is 3.59. The number of nitrogens with zero attached hydrogens (tertiary/aromatic N) is 1. The first-order valence-electron chi connectivity index (χ1n) is 6.92. The quantitative estimate of drug-likeness (QED) is 0.666. The van der Waals surface area contributed by atoms with E-state index in [9.17, 15) is 4.79 Å². The fourth-order valence-corrected chi connectivity index (χ4v) is 2.47. The van der Waals surface area contributed by atoms with Gasteiger partial charge in [-0.15, -0.1) is 0 Å². The van der Waals surface area contributed by atoms with E-state index in [1.807, 2.05) is 19.1 Å². The van der Waals surface area contributed by atoms with Gasteiger partial charge in [-0.05, 0) is 50.6 Å².